The van der Waals surface area contributed by atoms with Crippen molar-refractivity contribution < 1.29 is 22.7 Å². The molecule has 2 unspecified atom stereocenters. The number of ether oxygens (including phenoxy) is 1. The van der Waals surface area contributed by atoms with Gasteiger partial charge in [-0.05, 0) is 62.2 Å². The Morgan fingerprint density at radius 1 is 1.18 bits per heavy atom. The first-order chi connectivity index (χ1) is 12.8. The minimum Gasteiger partial charge on any atom is -0.457 e. The summed E-state index contributed by atoms with van der Waals surface area (Å²) in [5, 5.41) is 0. The van der Waals surface area contributed by atoms with E-state index >= 15 is 0 Å². The van der Waals surface area contributed by atoms with E-state index in [1.165, 1.54) is 12.1 Å². The molecule has 0 aromatic heterocycles. The van der Waals surface area contributed by atoms with Gasteiger partial charge >= 0.3 is 6.18 Å². The van der Waals surface area contributed by atoms with Gasteiger partial charge in [-0.2, -0.15) is 13.2 Å². The summed E-state index contributed by atoms with van der Waals surface area (Å²) >= 11 is 0. The predicted octanol–water partition coefficient (Wildman–Crippen LogP) is 4.73. The molecule has 4 nitrogen and oxygen atoms in total. The molecule has 3 rings (SSSR count). The van der Waals surface area contributed by atoms with Gasteiger partial charge in [0.15, 0.2) is 0 Å². The van der Waals surface area contributed by atoms with E-state index in [-0.39, 0.29) is 36.0 Å². The standard InChI is InChI=1S/C20H21F3N2O2.ClH/c1-13-8-14(11-24)12-25(13)19(26)15-4-2-6-17(9-15)27-18-7-3-5-16(10-18)20(21,22)23;/h2-7,9-10,13-14H,8,11-12,24H2,1H3;1H. The van der Waals surface area contributed by atoms with Crippen LogP contribution in [0, 0.1) is 5.92 Å². The second kappa shape index (κ2) is 8.84. The molecule has 0 aliphatic carbocycles. The second-order valence-electron chi connectivity index (χ2n) is 6.80. The molecule has 1 amide bonds. The van der Waals surface area contributed by atoms with Crippen molar-refractivity contribution in [3.8, 4) is 11.5 Å². The molecule has 1 aliphatic rings. The van der Waals surface area contributed by atoms with Crippen molar-refractivity contribution in [2.45, 2.75) is 25.6 Å². The smallest absolute Gasteiger partial charge is 0.416 e. The molecule has 0 radical (unpaired) electrons. The topological polar surface area (TPSA) is 55.6 Å². The van der Waals surface area contributed by atoms with Gasteiger partial charge in [-0.1, -0.05) is 12.1 Å². The lowest BCUT2D eigenvalue weighted by molar-refractivity contribution is -0.137. The van der Waals surface area contributed by atoms with Gasteiger partial charge in [0.2, 0.25) is 0 Å². The number of amides is 1. The Balaban J connectivity index is 0.00000280. The zero-order chi connectivity index (χ0) is 19.6. The summed E-state index contributed by atoms with van der Waals surface area (Å²) < 4.78 is 44.0. The van der Waals surface area contributed by atoms with Crippen LogP contribution in [0.1, 0.15) is 29.3 Å². The highest BCUT2D eigenvalue weighted by molar-refractivity contribution is 5.95. The van der Waals surface area contributed by atoms with Gasteiger partial charge in [-0.3, -0.25) is 4.79 Å². The molecule has 152 valence electrons. The van der Waals surface area contributed by atoms with E-state index in [4.69, 9.17) is 10.5 Å². The van der Waals surface area contributed by atoms with Crippen molar-refractivity contribution in [3.63, 3.8) is 0 Å². The van der Waals surface area contributed by atoms with Crippen LogP contribution in [0.3, 0.4) is 0 Å². The van der Waals surface area contributed by atoms with Crippen LogP contribution in [0.25, 0.3) is 0 Å². The van der Waals surface area contributed by atoms with Crippen molar-refractivity contribution in [3.05, 3.63) is 59.7 Å². The number of nitrogens with two attached hydrogens (primary N) is 1. The summed E-state index contributed by atoms with van der Waals surface area (Å²) in [4.78, 5) is 14.6. The van der Waals surface area contributed by atoms with Crippen molar-refractivity contribution in [1.29, 1.82) is 0 Å². The minimum atomic E-state index is -4.44. The number of halogens is 4. The van der Waals surface area contributed by atoms with Crippen LogP contribution in [-0.4, -0.2) is 29.9 Å². The van der Waals surface area contributed by atoms with Gasteiger partial charge in [0.1, 0.15) is 11.5 Å². The maximum atomic E-state index is 12.8. The Kier molecular flexibility index (Phi) is 6.96. The van der Waals surface area contributed by atoms with Crippen LogP contribution < -0.4 is 10.5 Å². The van der Waals surface area contributed by atoms with E-state index in [1.54, 1.807) is 29.2 Å². The van der Waals surface area contributed by atoms with Crippen molar-refractivity contribution >= 4 is 18.3 Å². The number of hydrogen-bond acceptors (Lipinski definition) is 3. The molecular formula is C20H22ClF3N2O2. The number of rotatable bonds is 4. The first-order valence-electron chi connectivity index (χ1n) is 8.74. The highest BCUT2D eigenvalue weighted by Gasteiger charge is 2.32. The van der Waals surface area contributed by atoms with Gasteiger partial charge in [-0.15, -0.1) is 12.4 Å². The molecule has 1 fully saturated rings. The summed E-state index contributed by atoms with van der Waals surface area (Å²) in [7, 11) is 0. The summed E-state index contributed by atoms with van der Waals surface area (Å²) in [5.74, 6) is 0.524. The van der Waals surface area contributed by atoms with Gasteiger partial charge < -0.3 is 15.4 Å². The third kappa shape index (κ3) is 4.97. The molecule has 8 heteroatoms. The Morgan fingerprint density at radius 3 is 2.43 bits per heavy atom. The zero-order valence-corrected chi connectivity index (χ0v) is 16.1. The molecule has 2 aromatic rings. The predicted molar refractivity (Wildman–Crippen MR) is 103 cm³/mol. The molecule has 0 bridgehead atoms. The maximum Gasteiger partial charge on any atom is 0.416 e. The Morgan fingerprint density at radius 2 is 1.82 bits per heavy atom. The van der Waals surface area contributed by atoms with Crippen molar-refractivity contribution in [1.82, 2.24) is 4.90 Å². The van der Waals surface area contributed by atoms with E-state index in [1.807, 2.05) is 6.92 Å². The van der Waals surface area contributed by atoms with Crippen LogP contribution in [0.4, 0.5) is 13.2 Å². The monoisotopic (exact) mass is 414 g/mol. The van der Waals surface area contributed by atoms with Crippen LogP contribution >= 0.6 is 12.4 Å². The Hall–Kier alpha value is -2.25. The van der Waals surface area contributed by atoms with E-state index in [9.17, 15) is 18.0 Å². The van der Waals surface area contributed by atoms with Crippen LogP contribution in [-0.2, 0) is 6.18 Å². The molecular weight excluding hydrogens is 393 g/mol. The number of alkyl halides is 3. The molecule has 2 N–H and O–H groups in total. The lowest BCUT2D eigenvalue weighted by atomic mass is 10.1. The summed E-state index contributed by atoms with van der Waals surface area (Å²) in [5.41, 5.74) is 5.36. The average molecular weight is 415 g/mol. The molecule has 2 aromatic carbocycles. The number of nitrogens with zero attached hydrogens (tertiary/aromatic N) is 1. The first-order valence-corrected chi connectivity index (χ1v) is 8.74. The number of hydrogen-bond donors (Lipinski definition) is 1. The molecule has 1 heterocycles. The Labute approximate surface area is 167 Å². The van der Waals surface area contributed by atoms with Crippen LogP contribution in [0.5, 0.6) is 11.5 Å². The molecule has 0 saturated carbocycles. The molecule has 1 saturated heterocycles. The molecule has 0 spiro atoms. The highest BCUT2D eigenvalue weighted by Crippen LogP contribution is 2.33. The average Bonchev–Trinajstić information content (AvgIpc) is 3.02. The van der Waals surface area contributed by atoms with Gasteiger partial charge in [0.25, 0.3) is 5.91 Å². The third-order valence-electron chi connectivity index (χ3n) is 4.73. The van der Waals surface area contributed by atoms with Crippen LogP contribution in [0.15, 0.2) is 48.5 Å². The van der Waals surface area contributed by atoms with Crippen molar-refractivity contribution in [2.75, 3.05) is 13.1 Å². The van der Waals surface area contributed by atoms with Gasteiger partial charge in [0.05, 0.1) is 5.56 Å². The second-order valence-corrected chi connectivity index (χ2v) is 6.80. The summed E-state index contributed by atoms with van der Waals surface area (Å²) in [6.45, 7) is 3.12. The molecule has 1 aliphatic heterocycles. The van der Waals surface area contributed by atoms with Gasteiger partial charge in [-0.25, -0.2) is 0 Å². The number of benzene rings is 2. The Bertz CT molecular complexity index is 829. The maximum absolute atomic E-state index is 12.8. The van der Waals surface area contributed by atoms with Crippen molar-refractivity contribution in [2.24, 2.45) is 11.7 Å². The fourth-order valence-electron chi connectivity index (χ4n) is 3.33. The zero-order valence-electron chi connectivity index (χ0n) is 15.3. The summed E-state index contributed by atoms with van der Waals surface area (Å²) in [6.07, 6.45) is -3.58. The number of likely N-dealkylation sites (tertiary alicyclic amines) is 1. The minimum absolute atomic E-state index is 0. The lowest BCUT2D eigenvalue weighted by Gasteiger charge is -2.22. The van der Waals surface area contributed by atoms with E-state index in [0.29, 0.717) is 24.4 Å². The van der Waals surface area contributed by atoms with Gasteiger partial charge in [0, 0.05) is 18.2 Å². The van der Waals surface area contributed by atoms with E-state index in [0.717, 1.165) is 18.6 Å². The molecule has 2 atom stereocenters. The fourth-order valence-corrected chi connectivity index (χ4v) is 3.33. The van der Waals surface area contributed by atoms with Crippen LogP contribution in [0.2, 0.25) is 0 Å². The number of carbonyl (C=O) groups excluding carboxylic acids is 1. The summed E-state index contributed by atoms with van der Waals surface area (Å²) in [6, 6.07) is 11.2. The fraction of sp³-hybridized carbons (Fsp3) is 0.350. The normalized spacial score (nSPS) is 19.2. The number of carbonyl (C=O) groups is 1. The third-order valence-corrected chi connectivity index (χ3v) is 4.73. The highest BCUT2D eigenvalue weighted by atomic mass is 35.5. The molecule has 28 heavy (non-hydrogen) atoms. The largest absolute Gasteiger partial charge is 0.457 e. The quantitative estimate of drug-likeness (QED) is 0.787. The SMILES string of the molecule is CC1CC(CN)CN1C(=O)c1cccc(Oc2cccc(C(F)(F)F)c2)c1.Cl. The van der Waals surface area contributed by atoms with E-state index < -0.39 is 11.7 Å². The lowest BCUT2D eigenvalue weighted by Crippen LogP contribution is -2.34. The van der Waals surface area contributed by atoms with E-state index in [2.05, 4.69) is 0 Å². The first kappa shape index (κ1) is 22.0.